The Kier molecular flexibility index (Phi) is 9.19. The predicted octanol–water partition coefficient (Wildman–Crippen LogP) is 7.18. The Labute approximate surface area is 263 Å². The molecule has 0 amide bonds. The van der Waals surface area contributed by atoms with E-state index < -0.39 is 29.2 Å². The smallest absolute Gasteiger partial charge is 0.165 e. The number of imidazole rings is 1. The van der Waals surface area contributed by atoms with Crippen LogP contribution >= 0.6 is 0 Å². The van der Waals surface area contributed by atoms with E-state index in [2.05, 4.69) is 23.3 Å². The number of para-hydroxylation sites is 1. The number of aryl methyl sites for hydroxylation is 2. The van der Waals surface area contributed by atoms with Crippen molar-refractivity contribution in [1.82, 2.24) is 15.3 Å². The number of H-pyrrole nitrogens is 1. The third kappa shape index (κ3) is 7.13. The molecule has 1 saturated heterocycles. The molecule has 0 radical (unpaired) electrons. The van der Waals surface area contributed by atoms with Crippen LogP contribution in [-0.4, -0.2) is 41.6 Å². The van der Waals surface area contributed by atoms with Gasteiger partial charge in [-0.15, -0.1) is 0 Å². The molecule has 5 aromatic rings. The molecule has 0 aliphatic carbocycles. The Morgan fingerprint density at radius 1 is 0.935 bits per heavy atom. The number of benzene rings is 4. The molecule has 0 bridgehead atoms. The molecule has 0 spiro atoms. The lowest BCUT2D eigenvalue weighted by Gasteiger charge is -2.29. The van der Waals surface area contributed by atoms with Crippen molar-refractivity contribution >= 4 is 16.8 Å². The zero-order valence-electron chi connectivity index (χ0n) is 25.4. The predicted molar refractivity (Wildman–Crippen MR) is 166 cm³/mol. The minimum absolute atomic E-state index is 0.0428. The number of fused-ring (bicyclic) bond motifs is 1. The van der Waals surface area contributed by atoms with Crippen LogP contribution in [0.1, 0.15) is 52.0 Å². The van der Waals surface area contributed by atoms with Gasteiger partial charge in [0.15, 0.2) is 11.6 Å². The molecular weight excluding hydrogens is 598 g/mol. The summed E-state index contributed by atoms with van der Waals surface area (Å²) < 4.78 is 68.7. The van der Waals surface area contributed by atoms with Crippen LogP contribution < -0.4 is 10.1 Å². The van der Waals surface area contributed by atoms with Crippen LogP contribution in [0, 0.1) is 37.1 Å². The van der Waals surface area contributed by atoms with Gasteiger partial charge in [-0.3, -0.25) is 4.79 Å². The first-order valence-corrected chi connectivity index (χ1v) is 15.1. The zero-order valence-corrected chi connectivity index (χ0v) is 25.4. The van der Waals surface area contributed by atoms with E-state index in [0.29, 0.717) is 24.3 Å². The first-order chi connectivity index (χ1) is 22.1. The monoisotopic (exact) mass is 631 g/mol. The maximum absolute atomic E-state index is 15.0. The number of aromatic nitrogens is 2. The Morgan fingerprint density at radius 2 is 1.67 bits per heavy atom. The van der Waals surface area contributed by atoms with E-state index in [4.69, 9.17) is 14.5 Å². The second-order valence-electron chi connectivity index (χ2n) is 11.8. The number of Topliss-reactive ketones (excluding diaryl/α,β-unsaturated/α-hetero) is 1. The van der Waals surface area contributed by atoms with E-state index in [9.17, 15) is 22.4 Å². The summed E-state index contributed by atoms with van der Waals surface area (Å²) in [6, 6.07) is 16.8. The number of hydrogen-bond acceptors (Lipinski definition) is 5. The highest BCUT2D eigenvalue weighted by atomic mass is 19.1. The van der Waals surface area contributed by atoms with Crippen LogP contribution in [0.4, 0.5) is 17.6 Å². The number of ketones is 1. The minimum Gasteiger partial charge on any atom is -0.487 e. The molecule has 10 heteroatoms. The number of hydrogen-bond donors (Lipinski definition) is 2. The average molecular weight is 632 g/mol. The summed E-state index contributed by atoms with van der Waals surface area (Å²) in [4.78, 5) is 21.4. The number of carbonyl (C=O) groups excluding carboxylic acids is 1. The fourth-order valence-electron chi connectivity index (χ4n) is 5.80. The summed E-state index contributed by atoms with van der Waals surface area (Å²) in [5.74, 6) is -3.02. The van der Waals surface area contributed by atoms with Crippen LogP contribution in [0.3, 0.4) is 0 Å². The summed E-state index contributed by atoms with van der Waals surface area (Å²) in [5, 5.41) is 3.41. The highest BCUT2D eigenvalue weighted by Gasteiger charge is 2.27. The van der Waals surface area contributed by atoms with Gasteiger partial charge in [0.2, 0.25) is 0 Å². The van der Waals surface area contributed by atoms with E-state index in [-0.39, 0.29) is 48.7 Å². The van der Waals surface area contributed by atoms with E-state index in [0.717, 1.165) is 35.1 Å². The number of ether oxygens (including phenoxy) is 2. The van der Waals surface area contributed by atoms with Crippen LogP contribution in [0.25, 0.3) is 11.0 Å². The molecule has 238 valence electrons. The van der Waals surface area contributed by atoms with Crippen LogP contribution in [0.15, 0.2) is 72.8 Å². The molecule has 0 saturated carbocycles. The molecule has 1 fully saturated rings. The highest BCUT2D eigenvalue weighted by Crippen LogP contribution is 2.32. The fraction of sp³-hybridized carbons (Fsp3) is 0.278. The van der Waals surface area contributed by atoms with E-state index in [1.165, 1.54) is 47.5 Å². The fourth-order valence-corrected chi connectivity index (χ4v) is 5.80. The van der Waals surface area contributed by atoms with Crippen molar-refractivity contribution in [2.24, 2.45) is 0 Å². The summed E-state index contributed by atoms with van der Waals surface area (Å²) in [7, 11) is 0. The van der Waals surface area contributed by atoms with E-state index in [1.807, 2.05) is 13.0 Å². The van der Waals surface area contributed by atoms with Gasteiger partial charge < -0.3 is 19.8 Å². The number of aromatic amines is 1. The summed E-state index contributed by atoms with van der Waals surface area (Å²) in [6.07, 6.45) is -0.707. The summed E-state index contributed by atoms with van der Waals surface area (Å²) >= 11 is 0. The Balaban J connectivity index is 1.11. The van der Waals surface area contributed by atoms with Gasteiger partial charge in [0, 0.05) is 36.9 Å². The Morgan fingerprint density at radius 3 is 2.39 bits per heavy atom. The first kappa shape index (κ1) is 31.4. The molecule has 6 nitrogen and oxygen atoms in total. The van der Waals surface area contributed by atoms with Gasteiger partial charge in [-0.1, -0.05) is 24.3 Å². The van der Waals surface area contributed by atoms with Gasteiger partial charge in [0.05, 0.1) is 23.7 Å². The number of nitrogens with one attached hydrogen (secondary N) is 2. The van der Waals surface area contributed by atoms with Crippen molar-refractivity contribution in [3.8, 4) is 5.75 Å². The van der Waals surface area contributed by atoms with Gasteiger partial charge in [0.25, 0.3) is 0 Å². The molecule has 1 aromatic heterocycles. The van der Waals surface area contributed by atoms with Crippen LogP contribution in [0.5, 0.6) is 5.75 Å². The maximum Gasteiger partial charge on any atom is 0.165 e. The third-order valence-corrected chi connectivity index (χ3v) is 8.38. The molecule has 2 N–H and O–H groups in total. The van der Waals surface area contributed by atoms with Gasteiger partial charge in [-0.05, 0) is 78.6 Å². The van der Waals surface area contributed by atoms with Crippen molar-refractivity contribution in [3.05, 3.63) is 130 Å². The maximum atomic E-state index is 15.0. The second-order valence-corrected chi connectivity index (χ2v) is 11.8. The van der Waals surface area contributed by atoms with Crippen molar-refractivity contribution in [1.29, 1.82) is 0 Å². The van der Waals surface area contributed by atoms with Gasteiger partial charge >= 0.3 is 0 Å². The molecule has 4 aromatic carbocycles. The van der Waals surface area contributed by atoms with Gasteiger partial charge in [0.1, 0.15) is 41.8 Å². The number of rotatable bonds is 10. The highest BCUT2D eigenvalue weighted by molar-refractivity contribution is 5.83. The minimum atomic E-state index is -0.788. The largest absolute Gasteiger partial charge is 0.487 e. The van der Waals surface area contributed by atoms with Crippen molar-refractivity contribution in [2.75, 3.05) is 19.8 Å². The lowest BCUT2D eigenvalue weighted by molar-refractivity contribution is -0.118. The lowest BCUT2D eigenvalue weighted by Crippen LogP contribution is -2.44. The lowest BCUT2D eigenvalue weighted by atomic mass is 9.85. The average Bonchev–Trinajstić information content (AvgIpc) is 3.42. The molecule has 0 unspecified atom stereocenters. The molecule has 2 heterocycles. The molecule has 1 aliphatic heterocycles. The van der Waals surface area contributed by atoms with Crippen LogP contribution in [-0.2, 0) is 16.0 Å². The normalized spacial score (nSPS) is 17.3. The molecule has 6 rings (SSSR count). The standard InChI is InChI=1S/C36H33F4N3O3/c1-20-10-32-33(11-21(20)2)43-36(42-32)34-19-45-29(17-41-34)18-46-35-23(4-3-5-31(35)40)14-28(44)16-30(22-6-8-25(37)9-7-22)24-12-26(38)15-27(39)13-24/h3-13,15,29-30,34,41H,14,16-19H2,1-2H3,(H,42,43)/t29-,30-,34-/m0/s1. The molecule has 1 aliphatic rings. The van der Waals surface area contributed by atoms with Gasteiger partial charge in [-0.2, -0.15) is 0 Å². The number of morpholine rings is 1. The number of halogens is 4. The summed E-state index contributed by atoms with van der Waals surface area (Å²) in [6.45, 7) is 4.92. The topological polar surface area (TPSA) is 76.2 Å². The van der Waals surface area contributed by atoms with Gasteiger partial charge in [-0.25, -0.2) is 22.5 Å². The quantitative estimate of drug-likeness (QED) is 0.160. The molecular formula is C36H33F4N3O3. The Hall–Kier alpha value is -4.54. The van der Waals surface area contributed by atoms with Crippen LogP contribution in [0.2, 0.25) is 0 Å². The number of nitrogens with zero attached hydrogens (tertiary/aromatic N) is 1. The third-order valence-electron chi connectivity index (χ3n) is 8.38. The second kappa shape index (κ2) is 13.4. The summed E-state index contributed by atoms with van der Waals surface area (Å²) in [5.41, 5.74) is 5.28. The van der Waals surface area contributed by atoms with Crippen molar-refractivity contribution < 1.29 is 31.8 Å². The first-order valence-electron chi connectivity index (χ1n) is 15.1. The Bertz CT molecular complexity index is 1810. The molecule has 46 heavy (non-hydrogen) atoms. The SMILES string of the molecule is Cc1cc2nc([C@@H]3CO[C@H](COc4c(F)cccc4CC(=O)C[C@@H](c4ccc(F)cc4)c4cc(F)cc(F)c4)CN3)[nH]c2cc1C. The van der Waals surface area contributed by atoms with E-state index in [1.54, 1.807) is 6.07 Å². The molecule has 3 atom stereocenters. The van der Waals surface area contributed by atoms with Crippen molar-refractivity contribution in [3.63, 3.8) is 0 Å². The zero-order chi connectivity index (χ0) is 32.4. The van der Waals surface area contributed by atoms with Crippen molar-refractivity contribution in [2.45, 2.75) is 44.8 Å². The van der Waals surface area contributed by atoms with E-state index >= 15 is 0 Å². The number of carbonyl (C=O) groups is 1.